The number of piperidine rings is 1. The third kappa shape index (κ3) is 3.44. The van der Waals surface area contributed by atoms with E-state index in [1.807, 2.05) is 0 Å². The topological polar surface area (TPSA) is 35.7 Å². The second kappa shape index (κ2) is 6.95. The van der Waals surface area contributed by atoms with Gasteiger partial charge in [0.05, 0.1) is 0 Å². The van der Waals surface area contributed by atoms with Gasteiger partial charge in [-0.3, -0.25) is 4.90 Å². The average Bonchev–Trinajstić information content (AvgIpc) is 2.43. The Bertz CT molecular complexity index is 317. The van der Waals surface area contributed by atoms with Crippen molar-refractivity contribution in [3.8, 4) is 0 Å². The van der Waals surface area contributed by atoms with Crippen LogP contribution in [0.25, 0.3) is 0 Å². The molecule has 0 aromatic carbocycles. The molecule has 2 fully saturated rings. The Kier molecular flexibility index (Phi) is 5.69. The molecular weight excluding hydrogens is 260 g/mol. The van der Waals surface area contributed by atoms with Crippen LogP contribution >= 0.6 is 0 Å². The molecule has 0 bridgehead atoms. The first-order valence-electron chi connectivity index (χ1n) is 8.79. The highest BCUT2D eigenvalue weighted by molar-refractivity contribution is 5.03. The predicted molar refractivity (Wildman–Crippen MR) is 90.6 cm³/mol. The summed E-state index contributed by atoms with van der Waals surface area (Å²) in [6, 6.07) is 0. The number of hydrogen-bond donors (Lipinski definition) is 1. The summed E-state index contributed by atoms with van der Waals surface area (Å²) in [6.45, 7) is 7.91. The molecule has 1 heterocycles. The molecule has 0 spiro atoms. The van der Waals surface area contributed by atoms with Gasteiger partial charge in [0.15, 0.2) is 0 Å². The van der Waals surface area contributed by atoms with Crippen molar-refractivity contribution in [2.45, 2.75) is 56.5 Å². The van der Waals surface area contributed by atoms with Crippen LogP contribution in [0.2, 0.25) is 0 Å². The maximum absolute atomic E-state index is 6.24. The Balaban J connectivity index is 1.97. The molecule has 2 aliphatic rings. The summed E-state index contributed by atoms with van der Waals surface area (Å²) in [5, 5.41) is 0. The van der Waals surface area contributed by atoms with E-state index in [0.717, 1.165) is 6.54 Å². The summed E-state index contributed by atoms with van der Waals surface area (Å²) in [5.74, 6) is 0. The van der Waals surface area contributed by atoms with Gasteiger partial charge in [-0.05, 0) is 79.3 Å². The highest BCUT2D eigenvalue weighted by Crippen LogP contribution is 2.39. The average molecular weight is 297 g/mol. The van der Waals surface area contributed by atoms with Crippen LogP contribution < -0.4 is 5.73 Å². The largest absolute Gasteiger partial charge is 0.329 e. The zero-order chi connectivity index (χ0) is 15.5. The molecular formula is C17H36N4. The van der Waals surface area contributed by atoms with Gasteiger partial charge in [-0.1, -0.05) is 6.92 Å². The van der Waals surface area contributed by atoms with Gasteiger partial charge in [0.2, 0.25) is 0 Å². The maximum atomic E-state index is 6.24. The summed E-state index contributed by atoms with van der Waals surface area (Å²) >= 11 is 0. The van der Waals surface area contributed by atoms with Crippen molar-refractivity contribution >= 4 is 0 Å². The van der Waals surface area contributed by atoms with Gasteiger partial charge in [0.25, 0.3) is 0 Å². The van der Waals surface area contributed by atoms with E-state index < -0.39 is 0 Å². The third-order valence-electron chi connectivity index (χ3n) is 6.28. The minimum Gasteiger partial charge on any atom is -0.329 e. The van der Waals surface area contributed by atoms with Crippen LogP contribution in [0.3, 0.4) is 0 Å². The number of likely N-dealkylation sites (tertiary alicyclic amines) is 1. The van der Waals surface area contributed by atoms with E-state index in [-0.39, 0.29) is 5.54 Å². The Morgan fingerprint density at radius 3 is 2.00 bits per heavy atom. The first-order valence-corrected chi connectivity index (χ1v) is 8.79. The van der Waals surface area contributed by atoms with E-state index in [9.17, 15) is 0 Å². The Labute approximate surface area is 131 Å². The van der Waals surface area contributed by atoms with Crippen molar-refractivity contribution in [2.24, 2.45) is 5.73 Å². The van der Waals surface area contributed by atoms with Crippen LogP contribution in [0.5, 0.6) is 0 Å². The summed E-state index contributed by atoms with van der Waals surface area (Å²) in [7, 11) is 6.80. The molecule has 0 atom stereocenters. The zero-order valence-electron chi connectivity index (χ0n) is 14.7. The first-order chi connectivity index (χ1) is 9.98. The molecule has 0 unspecified atom stereocenters. The predicted octanol–water partition coefficient (Wildman–Crippen LogP) is 1.61. The fourth-order valence-corrected chi connectivity index (χ4v) is 4.19. The second-order valence-electron chi connectivity index (χ2n) is 7.60. The lowest BCUT2D eigenvalue weighted by molar-refractivity contribution is -0.0279. The highest BCUT2D eigenvalue weighted by atomic mass is 15.3. The van der Waals surface area contributed by atoms with Crippen LogP contribution in [-0.4, -0.2) is 79.6 Å². The van der Waals surface area contributed by atoms with Crippen LogP contribution in [0.15, 0.2) is 0 Å². The van der Waals surface area contributed by atoms with Crippen LogP contribution in [0.1, 0.15) is 45.4 Å². The number of nitrogens with zero attached hydrogens (tertiary/aromatic N) is 3. The standard InChI is InChI=1S/C17H36N4/c1-5-11-21-12-9-16(14-18,10-13-21)20(4)15-17(19(2)3)7-6-8-17/h5-15,18H2,1-4H3. The molecule has 2 N–H and O–H groups in total. The normalized spacial score (nSPS) is 25.3. The van der Waals surface area contributed by atoms with Crippen molar-refractivity contribution in [2.75, 3.05) is 53.9 Å². The molecule has 1 saturated carbocycles. The fraction of sp³-hybridized carbons (Fsp3) is 1.00. The maximum Gasteiger partial charge on any atom is 0.0353 e. The van der Waals surface area contributed by atoms with E-state index >= 15 is 0 Å². The van der Waals surface area contributed by atoms with Gasteiger partial charge in [0, 0.05) is 24.2 Å². The molecule has 1 aliphatic heterocycles. The number of likely N-dealkylation sites (N-methyl/N-ethyl adjacent to an activating group) is 2. The van der Waals surface area contributed by atoms with Crippen molar-refractivity contribution in [3.63, 3.8) is 0 Å². The van der Waals surface area contributed by atoms with Gasteiger partial charge in [-0.2, -0.15) is 0 Å². The van der Waals surface area contributed by atoms with E-state index in [0.29, 0.717) is 5.54 Å². The van der Waals surface area contributed by atoms with Crippen molar-refractivity contribution in [1.82, 2.24) is 14.7 Å². The minimum atomic E-state index is 0.225. The zero-order valence-corrected chi connectivity index (χ0v) is 14.7. The molecule has 0 amide bonds. The minimum absolute atomic E-state index is 0.225. The van der Waals surface area contributed by atoms with E-state index in [1.165, 1.54) is 64.7 Å². The van der Waals surface area contributed by atoms with Gasteiger partial charge in [0.1, 0.15) is 0 Å². The Morgan fingerprint density at radius 1 is 1.00 bits per heavy atom. The SMILES string of the molecule is CCCN1CCC(CN)(N(C)CC2(N(C)C)CCC2)CC1. The molecule has 2 rings (SSSR count). The third-order valence-corrected chi connectivity index (χ3v) is 6.28. The quantitative estimate of drug-likeness (QED) is 0.774. The van der Waals surface area contributed by atoms with E-state index in [2.05, 4.69) is 42.8 Å². The smallest absolute Gasteiger partial charge is 0.0353 e. The van der Waals surface area contributed by atoms with E-state index in [1.54, 1.807) is 0 Å². The molecule has 0 aromatic rings. The number of nitrogens with two attached hydrogens (primary N) is 1. The number of hydrogen-bond acceptors (Lipinski definition) is 4. The fourth-order valence-electron chi connectivity index (χ4n) is 4.19. The van der Waals surface area contributed by atoms with Gasteiger partial charge in [-0.15, -0.1) is 0 Å². The Morgan fingerprint density at radius 2 is 1.62 bits per heavy atom. The van der Waals surface area contributed by atoms with Crippen LogP contribution in [-0.2, 0) is 0 Å². The Hall–Kier alpha value is -0.160. The second-order valence-corrected chi connectivity index (χ2v) is 7.60. The van der Waals surface area contributed by atoms with E-state index in [4.69, 9.17) is 5.73 Å². The molecule has 4 nitrogen and oxygen atoms in total. The summed E-state index contributed by atoms with van der Waals surface area (Å²) < 4.78 is 0. The molecule has 0 aromatic heterocycles. The molecule has 0 radical (unpaired) electrons. The van der Waals surface area contributed by atoms with Crippen molar-refractivity contribution in [1.29, 1.82) is 0 Å². The van der Waals surface area contributed by atoms with Crippen molar-refractivity contribution in [3.05, 3.63) is 0 Å². The number of rotatable bonds is 7. The lowest BCUT2D eigenvalue weighted by atomic mass is 9.74. The molecule has 1 saturated heterocycles. The van der Waals surface area contributed by atoms with Crippen molar-refractivity contribution < 1.29 is 0 Å². The van der Waals surface area contributed by atoms with Gasteiger partial charge < -0.3 is 15.5 Å². The molecule has 1 aliphatic carbocycles. The summed E-state index contributed by atoms with van der Waals surface area (Å²) in [5.41, 5.74) is 6.86. The first kappa shape index (κ1) is 17.2. The molecule has 4 heteroatoms. The van der Waals surface area contributed by atoms with Gasteiger partial charge >= 0.3 is 0 Å². The van der Waals surface area contributed by atoms with Gasteiger partial charge in [-0.25, -0.2) is 0 Å². The lowest BCUT2D eigenvalue weighted by Crippen LogP contribution is -2.64. The summed E-state index contributed by atoms with van der Waals surface area (Å²) in [4.78, 5) is 7.66. The molecule has 21 heavy (non-hydrogen) atoms. The lowest BCUT2D eigenvalue weighted by Gasteiger charge is -2.54. The molecule has 124 valence electrons. The monoisotopic (exact) mass is 296 g/mol. The van der Waals surface area contributed by atoms with Crippen LogP contribution in [0.4, 0.5) is 0 Å². The van der Waals surface area contributed by atoms with Crippen LogP contribution in [0, 0.1) is 0 Å². The summed E-state index contributed by atoms with van der Waals surface area (Å²) in [6.07, 6.45) is 7.77. The highest BCUT2D eigenvalue weighted by Gasteiger charge is 2.44.